The van der Waals surface area contributed by atoms with Crippen molar-refractivity contribution in [2.75, 3.05) is 26.4 Å². The number of aliphatic hydroxyl groups is 11. The van der Waals surface area contributed by atoms with Crippen molar-refractivity contribution in [2.45, 2.75) is 285 Å². The van der Waals surface area contributed by atoms with Crippen molar-refractivity contribution in [2.24, 2.45) is 0 Å². The fourth-order valence-electron chi connectivity index (χ4n) is 9.79. The highest BCUT2D eigenvalue weighted by atomic mass is 16.8. The van der Waals surface area contributed by atoms with Crippen molar-refractivity contribution in [3.8, 4) is 0 Å². The van der Waals surface area contributed by atoms with E-state index in [4.69, 9.17) is 28.4 Å². The number of aliphatic hydroxyl groups excluding tert-OH is 11. The molecule has 3 fully saturated rings. The van der Waals surface area contributed by atoms with Crippen LogP contribution in [0.2, 0.25) is 0 Å². The molecular formula is C58H103NO18. The van der Waals surface area contributed by atoms with E-state index in [9.17, 15) is 61.0 Å². The molecule has 17 unspecified atom stereocenters. The molecule has 3 aliphatic rings. The Hall–Kier alpha value is -2.25. The lowest BCUT2D eigenvalue weighted by atomic mass is 9.96. The van der Waals surface area contributed by atoms with Crippen LogP contribution in [0.25, 0.3) is 0 Å². The minimum absolute atomic E-state index is 0.231. The summed E-state index contributed by atoms with van der Waals surface area (Å²) in [5.74, 6) is -0.288. The van der Waals surface area contributed by atoms with E-state index < -0.39 is 124 Å². The Kier molecular flexibility index (Phi) is 37.4. The number of carbonyl (C=O) groups excluding carboxylic acids is 1. The summed E-state index contributed by atoms with van der Waals surface area (Å²) >= 11 is 0. The molecule has 17 atom stereocenters. The topological polar surface area (TPSA) is 307 Å². The predicted molar refractivity (Wildman–Crippen MR) is 291 cm³/mol. The molecule has 448 valence electrons. The van der Waals surface area contributed by atoms with Crippen LogP contribution in [-0.2, 0) is 33.2 Å². The Morgan fingerprint density at radius 1 is 0.481 bits per heavy atom. The highest BCUT2D eigenvalue weighted by molar-refractivity contribution is 5.76. The van der Waals surface area contributed by atoms with Gasteiger partial charge in [0.1, 0.15) is 73.2 Å². The molecule has 1 amide bonds. The van der Waals surface area contributed by atoms with Crippen LogP contribution in [0, 0.1) is 0 Å². The normalized spacial score (nSPS) is 31.1. The number of carbonyl (C=O) groups is 1. The first-order valence-corrected chi connectivity index (χ1v) is 29.4. The van der Waals surface area contributed by atoms with Crippen molar-refractivity contribution in [3.05, 3.63) is 48.6 Å². The number of allylic oxidation sites excluding steroid dienone is 7. The minimum Gasteiger partial charge on any atom is -0.394 e. The molecule has 0 aliphatic carbocycles. The largest absolute Gasteiger partial charge is 0.394 e. The summed E-state index contributed by atoms with van der Waals surface area (Å²) in [5.41, 5.74) is 0. The summed E-state index contributed by atoms with van der Waals surface area (Å²) in [5, 5.41) is 120. The minimum atomic E-state index is -1.98. The first kappa shape index (κ1) is 69.0. The molecule has 77 heavy (non-hydrogen) atoms. The standard InChI is InChI=1S/C58H103NO18/c1-3-5-7-9-11-13-15-17-19-20-22-24-26-28-30-32-34-36-46(64)59-41(42(63)35-33-31-29-27-25-23-21-18-16-14-12-10-8-6-4-2)40-72-56-52(70)49(67)54(44(38-61)74-56)77-58-53(71)50(68)55(45(39-62)75-58)76-57-51(69)48(66)47(65)43(37-60)73-57/h5,7,11,13,17,19,33,35,41-45,47-58,60-63,65-71H,3-4,6,8-10,12,14-16,18,20-32,34,36-40H2,1-2H3,(H,59,64)/b7-5-,13-11-,19-17-,35-33+. The van der Waals surface area contributed by atoms with Gasteiger partial charge >= 0.3 is 0 Å². The van der Waals surface area contributed by atoms with Gasteiger partial charge in [0.2, 0.25) is 5.91 Å². The van der Waals surface area contributed by atoms with Gasteiger partial charge in [0.05, 0.1) is 38.6 Å². The van der Waals surface area contributed by atoms with Gasteiger partial charge in [-0.25, -0.2) is 0 Å². The van der Waals surface area contributed by atoms with Crippen LogP contribution in [-0.4, -0.2) is 193 Å². The summed E-state index contributed by atoms with van der Waals surface area (Å²) in [7, 11) is 0. The third kappa shape index (κ3) is 26.0. The smallest absolute Gasteiger partial charge is 0.220 e. The summed E-state index contributed by atoms with van der Waals surface area (Å²) in [4.78, 5) is 13.3. The van der Waals surface area contributed by atoms with Gasteiger partial charge in [-0.2, -0.15) is 0 Å². The second-order valence-electron chi connectivity index (χ2n) is 21.1. The molecule has 3 aliphatic heterocycles. The van der Waals surface area contributed by atoms with Crippen LogP contribution in [0.5, 0.6) is 0 Å². The van der Waals surface area contributed by atoms with E-state index in [-0.39, 0.29) is 18.9 Å². The van der Waals surface area contributed by atoms with Crippen LogP contribution in [0.1, 0.15) is 181 Å². The van der Waals surface area contributed by atoms with Crippen molar-refractivity contribution in [1.82, 2.24) is 5.32 Å². The number of amides is 1. The van der Waals surface area contributed by atoms with Crippen LogP contribution in [0.15, 0.2) is 48.6 Å². The number of hydrogen-bond acceptors (Lipinski definition) is 18. The van der Waals surface area contributed by atoms with Gasteiger partial charge in [0, 0.05) is 6.42 Å². The average molecular weight is 1100 g/mol. The van der Waals surface area contributed by atoms with E-state index in [1.54, 1.807) is 6.08 Å². The third-order valence-corrected chi connectivity index (χ3v) is 14.6. The van der Waals surface area contributed by atoms with E-state index in [0.717, 1.165) is 89.9 Å². The van der Waals surface area contributed by atoms with Gasteiger partial charge < -0.3 is 89.9 Å². The molecule has 0 aromatic carbocycles. The zero-order chi connectivity index (χ0) is 56.2. The van der Waals surface area contributed by atoms with Gasteiger partial charge in [-0.05, 0) is 51.4 Å². The zero-order valence-electron chi connectivity index (χ0n) is 46.4. The SMILES string of the molecule is CC/C=C\C/C=C\C/C=C\CCCCCCCCCC(=O)NC(COC1OC(CO)C(OC2OC(CO)C(OC3OC(CO)C(O)C(O)C3O)C(O)C2O)C(O)C1O)C(O)/C=C/CCCCCCCCCCCCCCC. The molecule has 0 aromatic heterocycles. The van der Waals surface area contributed by atoms with Crippen LogP contribution in [0.3, 0.4) is 0 Å². The summed E-state index contributed by atoms with van der Waals surface area (Å²) in [6.07, 6.45) is 18.0. The van der Waals surface area contributed by atoms with Gasteiger partial charge in [-0.1, -0.05) is 172 Å². The van der Waals surface area contributed by atoms with Crippen molar-refractivity contribution in [3.63, 3.8) is 0 Å². The number of hydrogen-bond donors (Lipinski definition) is 12. The lowest BCUT2D eigenvalue weighted by molar-refractivity contribution is -0.379. The van der Waals surface area contributed by atoms with Crippen molar-refractivity contribution >= 4 is 5.91 Å². The van der Waals surface area contributed by atoms with Crippen LogP contribution >= 0.6 is 0 Å². The van der Waals surface area contributed by atoms with E-state index >= 15 is 0 Å². The molecule has 3 saturated heterocycles. The lowest BCUT2D eigenvalue weighted by Crippen LogP contribution is -2.66. The molecular weight excluding hydrogens is 999 g/mol. The molecule has 19 nitrogen and oxygen atoms in total. The molecule has 3 rings (SSSR count). The summed E-state index contributed by atoms with van der Waals surface area (Å²) < 4.78 is 34.2. The van der Waals surface area contributed by atoms with E-state index in [2.05, 4.69) is 55.6 Å². The van der Waals surface area contributed by atoms with Crippen molar-refractivity contribution in [1.29, 1.82) is 0 Å². The van der Waals surface area contributed by atoms with E-state index in [0.29, 0.717) is 6.42 Å². The van der Waals surface area contributed by atoms with E-state index in [1.807, 2.05) is 6.08 Å². The maximum absolute atomic E-state index is 13.3. The Morgan fingerprint density at radius 3 is 1.40 bits per heavy atom. The number of nitrogens with one attached hydrogen (secondary N) is 1. The van der Waals surface area contributed by atoms with Crippen LogP contribution in [0.4, 0.5) is 0 Å². The maximum atomic E-state index is 13.3. The van der Waals surface area contributed by atoms with Crippen LogP contribution < -0.4 is 5.32 Å². The van der Waals surface area contributed by atoms with Gasteiger partial charge in [0.15, 0.2) is 18.9 Å². The number of rotatable bonds is 42. The molecule has 0 aromatic rings. The number of unbranched alkanes of at least 4 members (excludes halogenated alkanes) is 20. The fraction of sp³-hybridized carbons (Fsp3) is 0.845. The highest BCUT2D eigenvalue weighted by Crippen LogP contribution is 2.33. The van der Waals surface area contributed by atoms with E-state index in [1.165, 1.54) is 64.2 Å². The second-order valence-corrected chi connectivity index (χ2v) is 21.1. The predicted octanol–water partition coefficient (Wildman–Crippen LogP) is 4.70. The molecule has 3 heterocycles. The molecule has 0 bridgehead atoms. The fourth-order valence-corrected chi connectivity index (χ4v) is 9.79. The van der Waals surface area contributed by atoms with Crippen molar-refractivity contribution < 1.29 is 89.4 Å². The molecule has 0 saturated carbocycles. The molecule has 19 heteroatoms. The maximum Gasteiger partial charge on any atom is 0.220 e. The second kappa shape index (κ2) is 41.7. The molecule has 0 radical (unpaired) electrons. The number of ether oxygens (including phenoxy) is 6. The Morgan fingerprint density at radius 2 is 0.896 bits per heavy atom. The lowest BCUT2D eigenvalue weighted by Gasteiger charge is -2.48. The Labute approximate surface area is 459 Å². The quantitative estimate of drug-likeness (QED) is 0.0291. The molecule has 12 N–H and O–H groups in total. The first-order valence-electron chi connectivity index (χ1n) is 29.4. The average Bonchev–Trinajstić information content (AvgIpc) is 3.44. The Bertz CT molecular complexity index is 1600. The summed E-state index contributed by atoms with van der Waals surface area (Å²) in [6.45, 7) is 1.59. The van der Waals surface area contributed by atoms with Gasteiger partial charge in [0.25, 0.3) is 0 Å². The monoisotopic (exact) mass is 1100 g/mol. The Balaban J connectivity index is 1.52. The summed E-state index contributed by atoms with van der Waals surface area (Å²) in [6, 6.07) is -0.978. The first-order chi connectivity index (χ1) is 37.3. The van der Waals surface area contributed by atoms with Gasteiger partial charge in [-0.15, -0.1) is 0 Å². The molecule has 0 spiro atoms. The zero-order valence-corrected chi connectivity index (χ0v) is 46.4. The van der Waals surface area contributed by atoms with Gasteiger partial charge in [-0.3, -0.25) is 4.79 Å². The third-order valence-electron chi connectivity index (χ3n) is 14.6. The highest BCUT2D eigenvalue weighted by Gasteiger charge is 2.53.